The maximum atomic E-state index is 14.4. The van der Waals surface area contributed by atoms with Gasteiger partial charge in [0, 0.05) is 42.8 Å². The second-order valence-electron chi connectivity index (χ2n) is 15.4. The average Bonchev–Trinajstić information content (AvgIpc) is 4.03. The number of pyridine rings is 1. The number of piperazine rings is 1. The number of ether oxygens (including phenoxy) is 3. The molecule has 7 rings (SSSR count). The molecule has 4 heterocycles. The van der Waals surface area contributed by atoms with Crippen LogP contribution in [0.1, 0.15) is 65.0 Å². The van der Waals surface area contributed by atoms with Crippen LogP contribution in [0.3, 0.4) is 0 Å². The topological polar surface area (TPSA) is 178 Å². The molecule has 296 valence electrons. The highest BCUT2D eigenvalue weighted by atomic mass is 35.5. The van der Waals surface area contributed by atoms with E-state index in [1.165, 1.54) is 17.4 Å². The minimum atomic E-state index is -3.87. The summed E-state index contributed by atoms with van der Waals surface area (Å²) in [5.41, 5.74) is 0.397. The van der Waals surface area contributed by atoms with Crippen LogP contribution >= 0.6 is 22.9 Å². The second kappa shape index (κ2) is 15.3. The van der Waals surface area contributed by atoms with Gasteiger partial charge >= 0.3 is 0 Å². The van der Waals surface area contributed by atoms with E-state index in [1.54, 1.807) is 24.1 Å². The molecule has 3 amide bonds. The molecule has 1 aromatic carbocycles. The normalized spacial score (nSPS) is 26.3. The fraction of sp³-hybridized carbons (Fsp3) is 0.553. The Morgan fingerprint density at radius 1 is 1.18 bits per heavy atom. The van der Waals surface area contributed by atoms with E-state index in [0.29, 0.717) is 59.1 Å². The summed E-state index contributed by atoms with van der Waals surface area (Å²) in [7, 11) is -2.29. The summed E-state index contributed by atoms with van der Waals surface area (Å²) in [6.45, 7) is 12.8. The molecule has 2 aromatic heterocycles. The number of methoxy groups -OCH3 is 1. The molecule has 14 nitrogen and oxygen atoms in total. The third-order valence-electron chi connectivity index (χ3n) is 10.9. The highest BCUT2D eigenvalue weighted by Crippen LogP contribution is 2.46. The Morgan fingerprint density at radius 3 is 2.58 bits per heavy atom. The Hall–Kier alpha value is -3.83. The number of nitrogens with one attached hydrogen (secondary N) is 3. The number of carbonyl (C=O) groups excluding carboxylic acids is 3. The SMILES string of the molecule is C=C[C@@H]1C[C@]1(NC(=O)[C@@H]1C[C@@H](Oc2cc(-c3nc(C(C)C)cs3)nc3c(Cl)c(OCCOC)ccc23)[C@H]2CN[C@H](C(C)C)C(=O)N21)C(=O)NS(=O)(=O)C1CC1. The van der Waals surface area contributed by atoms with Gasteiger partial charge in [-0.3, -0.25) is 19.1 Å². The van der Waals surface area contributed by atoms with E-state index >= 15 is 0 Å². The van der Waals surface area contributed by atoms with Crippen molar-refractivity contribution in [3.05, 3.63) is 47.0 Å². The summed E-state index contributed by atoms with van der Waals surface area (Å²) in [6, 6.07) is 3.25. The summed E-state index contributed by atoms with van der Waals surface area (Å²) in [4.78, 5) is 53.4. The average molecular weight is 815 g/mol. The van der Waals surface area contributed by atoms with Crippen LogP contribution in [0.4, 0.5) is 0 Å². The lowest BCUT2D eigenvalue weighted by Gasteiger charge is -2.40. The number of thiazole rings is 1. The van der Waals surface area contributed by atoms with Gasteiger partial charge in [0.25, 0.3) is 5.91 Å². The first kappa shape index (κ1) is 39.4. The zero-order valence-corrected chi connectivity index (χ0v) is 33.9. The number of fused-ring (bicyclic) bond motifs is 2. The molecule has 0 spiro atoms. The Bertz CT molecular complexity index is 2120. The number of hydrogen-bond donors (Lipinski definition) is 3. The van der Waals surface area contributed by atoms with E-state index in [0.717, 1.165) is 5.69 Å². The van der Waals surface area contributed by atoms with Crippen molar-refractivity contribution < 1.29 is 37.0 Å². The van der Waals surface area contributed by atoms with E-state index in [9.17, 15) is 22.8 Å². The molecule has 4 aliphatic rings. The molecule has 2 aliphatic heterocycles. The van der Waals surface area contributed by atoms with Crippen LogP contribution in [0.15, 0.2) is 36.2 Å². The van der Waals surface area contributed by atoms with Crippen molar-refractivity contribution in [1.82, 2.24) is 30.2 Å². The molecule has 55 heavy (non-hydrogen) atoms. The summed E-state index contributed by atoms with van der Waals surface area (Å²) >= 11 is 8.40. The van der Waals surface area contributed by atoms with Crippen LogP contribution in [-0.2, 0) is 29.1 Å². The minimum Gasteiger partial charge on any atom is -0.490 e. The Balaban J connectivity index is 1.23. The molecule has 3 N–H and O–H groups in total. The number of hydrogen-bond acceptors (Lipinski definition) is 12. The molecule has 0 bridgehead atoms. The van der Waals surface area contributed by atoms with Crippen molar-refractivity contribution in [2.45, 2.75) is 94.3 Å². The van der Waals surface area contributed by atoms with Crippen molar-refractivity contribution >= 4 is 61.6 Å². The van der Waals surface area contributed by atoms with E-state index in [-0.39, 0.29) is 42.2 Å². The highest BCUT2D eigenvalue weighted by molar-refractivity contribution is 7.91. The molecule has 2 saturated heterocycles. The predicted molar refractivity (Wildman–Crippen MR) is 209 cm³/mol. The zero-order chi connectivity index (χ0) is 39.4. The van der Waals surface area contributed by atoms with Crippen LogP contribution in [0.5, 0.6) is 11.5 Å². The smallest absolute Gasteiger partial charge is 0.259 e. The van der Waals surface area contributed by atoms with Crippen molar-refractivity contribution in [1.29, 1.82) is 0 Å². The van der Waals surface area contributed by atoms with Crippen LogP contribution in [-0.4, -0.2) is 103 Å². The van der Waals surface area contributed by atoms with E-state index < -0.39 is 62.8 Å². The predicted octanol–water partition coefficient (Wildman–Crippen LogP) is 4.17. The summed E-state index contributed by atoms with van der Waals surface area (Å²) in [6.07, 6.45) is 2.11. The van der Waals surface area contributed by atoms with Gasteiger partial charge in [-0.05, 0) is 43.2 Å². The number of benzene rings is 1. The van der Waals surface area contributed by atoms with Gasteiger partial charge in [-0.15, -0.1) is 17.9 Å². The first-order chi connectivity index (χ1) is 26.2. The number of sulfonamides is 1. The molecule has 3 aromatic rings. The van der Waals surface area contributed by atoms with Gasteiger partial charge in [-0.2, -0.15) is 0 Å². The van der Waals surface area contributed by atoms with Gasteiger partial charge in [-0.25, -0.2) is 18.4 Å². The first-order valence-electron chi connectivity index (χ1n) is 18.6. The third kappa shape index (κ3) is 7.55. The monoisotopic (exact) mass is 814 g/mol. The largest absolute Gasteiger partial charge is 0.490 e. The molecular formula is C38H47ClN6O8S2. The van der Waals surface area contributed by atoms with Crippen LogP contribution in [0, 0.1) is 11.8 Å². The molecule has 2 aliphatic carbocycles. The second-order valence-corrected chi connectivity index (χ2v) is 18.6. The van der Waals surface area contributed by atoms with E-state index in [1.807, 2.05) is 25.3 Å². The van der Waals surface area contributed by atoms with Gasteiger partial charge in [0.05, 0.1) is 35.2 Å². The lowest BCUT2D eigenvalue weighted by Crippen LogP contribution is -2.65. The van der Waals surface area contributed by atoms with Crippen LogP contribution in [0.25, 0.3) is 21.6 Å². The van der Waals surface area contributed by atoms with Crippen molar-refractivity contribution in [3.8, 4) is 22.2 Å². The number of amides is 3. The van der Waals surface area contributed by atoms with Gasteiger partial charge in [-0.1, -0.05) is 45.4 Å². The summed E-state index contributed by atoms with van der Waals surface area (Å²) < 4.78 is 45.5. The number of aromatic nitrogens is 2. The Kier molecular flexibility index (Phi) is 10.9. The minimum absolute atomic E-state index is 0.0707. The highest BCUT2D eigenvalue weighted by Gasteiger charge is 2.62. The molecule has 4 fully saturated rings. The Morgan fingerprint density at radius 2 is 1.95 bits per heavy atom. The first-order valence-corrected chi connectivity index (χ1v) is 21.4. The van der Waals surface area contributed by atoms with Gasteiger partial charge in [0.2, 0.25) is 21.8 Å². The number of nitrogens with zero attached hydrogens (tertiary/aromatic N) is 3. The molecule has 0 radical (unpaired) electrons. The fourth-order valence-corrected chi connectivity index (χ4v) is 10.0. The molecule has 2 saturated carbocycles. The van der Waals surface area contributed by atoms with Crippen molar-refractivity contribution in [2.75, 3.05) is 26.9 Å². The van der Waals surface area contributed by atoms with Crippen molar-refractivity contribution in [3.63, 3.8) is 0 Å². The van der Waals surface area contributed by atoms with Gasteiger partial charge < -0.3 is 29.7 Å². The van der Waals surface area contributed by atoms with Crippen LogP contribution < -0.4 is 24.8 Å². The van der Waals surface area contributed by atoms with Crippen LogP contribution in [0.2, 0.25) is 5.02 Å². The molecule has 17 heteroatoms. The molecule has 0 unspecified atom stereocenters. The van der Waals surface area contributed by atoms with Gasteiger partial charge in [0.15, 0.2) is 0 Å². The maximum absolute atomic E-state index is 14.4. The number of carbonyl (C=O) groups is 3. The van der Waals surface area contributed by atoms with Gasteiger partial charge in [0.1, 0.15) is 51.5 Å². The zero-order valence-electron chi connectivity index (χ0n) is 31.5. The van der Waals surface area contributed by atoms with E-state index in [4.69, 9.17) is 35.8 Å². The lowest BCUT2D eigenvalue weighted by molar-refractivity contribution is -0.146. The number of halogens is 1. The third-order valence-corrected chi connectivity index (χ3v) is 13.9. The standard InChI is InChI=1S/C38H47ClN6O8S2/c1-7-21-16-38(21,37(48)44-55(49,50)22-8-9-22)43-34(46)26-15-30(27-17-40-32(20(4)5)36(47)45(26)27)53-29-14-24(35-42-25(18-54-35)19(2)3)41-33-23(29)10-11-28(31(33)39)52-13-12-51-6/h7,10-11,14,18-22,26-27,30,32,40H,1,8-9,12-13,15-17H2,2-6H3,(H,43,46)(H,44,48)/t21-,26+,27-,30-,32-,38-/m1/s1. The number of rotatable bonds is 15. The molecule has 6 atom stereocenters. The summed E-state index contributed by atoms with van der Waals surface area (Å²) in [5.74, 6) is -1.10. The fourth-order valence-electron chi connectivity index (χ4n) is 7.44. The maximum Gasteiger partial charge on any atom is 0.259 e. The Labute approximate surface area is 329 Å². The quantitative estimate of drug-likeness (QED) is 0.148. The molecular weight excluding hydrogens is 768 g/mol. The summed E-state index contributed by atoms with van der Waals surface area (Å²) in [5, 5.41) is 9.16. The van der Waals surface area contributed by atoms with Crippen molar-refractivity contribution in [2.24, 2.45) is 11.8 Å². The lowest BCUT2D eigenvalue weighted by atomic mass is 9.98. The van der Waals surface area contributed by atoms with E-state index in [2.05, 4.69) is 35.8 Å².